The van der Waals surface area contributed by atoms with Crippen molar-refractivity contribution in [2.75, 3.05) is 6.54 Å². The molecule has 1 N–H and O–H groups in total. The monoisotopic (exact) mass is 435 g/mol. The Balaban J connectivity index is 1.48. The maximum absolute atomic E-state index is 13.2. The normalized spacial score (nSPS) is 16.4. The summed E-state index contributed by atoms with van der Waals surface area (Å²) in [5.41, 5.74) is 6.00. The second kappa shape index (κ2) is 6.60. The number of aromatic amines is 1. The predicted molar refractivity (Wildman–Crippen MR) is 110 cm³/mol. The lowest BCUT2D eigenvalue weighted by Crippen LogP contribution is -2.39. The zero-order valence-electron chi connectivity index (χ0n) is 15.3. The smallest absolute Gasteiger partial charge is 0.274 e. The molecule has 4 heterocycles. The molecule has 7 heteroatoms. The van der Waals surface area contributed by atoms with Crippen molar-refractivity contribution in [2.45, 2.75) is 19.4 Å². The number of carbonyl (C=O) groups excluding carboxylic acids is 1. The van der Waals surface area contributed by atoms with Crippen molar-refractivity contribution < 1.29 is 4.79 Å². The minimum absolute atomic E-state index is 0.0142. The van der Waals surface area contributed by atoms with Gasteiger partial charge in [-0.15, -0.1) is 0 Å². The average Bonchev–Trinajstić information content (AvgIpc) is 3.37. The second-order valence-corrected chi connectivity index (χ2v) is 7.99. The van der Waals surface area contributed by atoms with Gasteiger partial charge < -0.3 is 4.90 Å². The molecule has 0 bridgehead atoms. The van der Waals surface area contributed by atoms with Crippen LogP contribution in [0.3, 0.4) is 0 Å². The number of rotatable bonds is 2. The Morgan fingerprint density at radius 1 is 1.21 bits per heavy atom. The van der Waals surface area contributed by atoms with Gasteiger partial charge in [0.25, 0.3) is 5.91 Å². The molecule has 3 aromatic heterocycles. The minimum Gasteiger partial charge on any atom is -0.330 e. The number of fused-ring (bicyclic) bond motifs is 2. The van der Waals surface area contributed by atoms with Crippen LogP contribution in [0.4, 0.5) is 0 Å². The van der Waals surface area contributed by atoms with Gasteiger partial charge >= 0.3 is 0 Å². The highest BCUT2D eigenvalue weighted by atomic mass is 79.9. The quantitative estimate of drug-likeness (QED) is 0.511. The number of benzene rings is 1. The van der Waals surface area contributed by atoms with Gasteiger partial charge in [-0.1, -0.05) is 12.1 Å². The van der Waals surface area contributed by atoms with Crippen LogP contribution in [0, 0.1) is 0 Å². The van der Waals surface area contributed by atoms with Crippen LogP contribution in [0.25, 0.3) is 16.6 Å². The summed E-state index contributed by atoms with van der Waals surface area (Å²) in [5, 5.41) is 11.4. The first kappa shape index (κ1) is 17.2. The molecule has 1 aliphatic heterocycles. The Kier molecular flexibility index (Phi) is 4.05. The fourth-order valence-electron chi connectivity index (χ4n) is 3.89. The second-order valence-electron chi connectivity index (χ2n) is 7.07. The number of pyridine rings is 1. The molecule has 1 unspecified atom stereocenters. The van der Waals surface area contributed by atoms with Crippen molar-refractivity contribution in [2.24, 2.45) is 0 Å². The first-order valence-electron chi connectivity index (χ1n) is 9.18. The van der Waals surface area contributed by atoms with Gasteiger partial charge in [-0.25, -0.2) is 4.52 Å². The SMILES string of the molecule is CC1c2cc(-c3cn[nH]c3)ccc2CCN1C(=O)c1cc2ccc(Br)cn2n1. The Bertz CT molecular complexity index is 1180. The Morgan fingerprint density at radius 2 is 2.11 bits per heavy atom. The number of carbonyl (C=O) groups is 1. The molecule has 5 rings (SSSR count). The fraction of sp³-hybridized carbons (Fsp3) is 0.190. The largest absolute Gasteiger partial charge is 0.330 e. The first-order chi connectivity index (χ1) is 13.6. The van der Waals surface area contributed by atoms with Crippen molar-refractivity contribution in [3.8, 4) is 11.1 Å². The molecular formula is C21H18BrN5O. The van der Waals surface area contributed by atoms with E-state index in [0.29, 0.717) is 12.2 Å². The third kappa shape index (κ3) is 2.82. The molecular weight excluding hydrogens is 418 g/mol. The summed E-state index contributed by atoms with van der Waals surface area (Å²) in [6.45, 7) is 2.77. The first-order valence-corrected chi connectivity index (χ1v) is 9.97. The van der Waals surface area contributed by atoms with Crippen LogP contribution in [-0.2, 0) is 6.42 Å². The molecule has 1 aliphatic rings. The van der Waals surface area contributed by atoms with Gasteiger partial charge in [0.1, 0.15) is 0 Å². The van der Waals surface area contributed by atoms with Crippen LogP contribution in [0.1, 0.15) is 34.6 Å². The summed E-state index contributed by atoms with van der Waals surface area (Å²) in [5.74, 6) is -0.0355. The summed E-state index contributed by atoms with van der Waals surface area (Å²) in [4.78, 5) is 15.1. The van der Waals surface area contributed by atoms with Gasteiger partial charge in [0.2, 0.25) is 0 Å². The van der Waals surface area contributed by atoms with Gasteiger partial charge in [-0.05, 0) is 70.2 Å². The highest BCUT2D eigenvalue weighted by Crippen LogP contribution is 2.33. The van der Waals surface area contributed by atoms with Crippen LogP contribution in [0.5, 0.6) is 0 Å². The van der Waals surface area contributed by atoms with Crippen molar-refractivity contribution in [1.82, 2.24) is 24.7 Å². The summed E-state index contributed by atoms with van der Waals surface area (Å²) < 4.78 is 2.66. The third-order valence-corrected chi connectivity index (χ3v) is 5.89. The lowest BCUT2D eigenvalue weighted by atomic mass is 9.90. The van der Waals surface area contributed by atoms with Crippen molar-refractivity contribution >= 4 is 27.4 Å². The van der Waals surface area contributed by atoms with Gasteiger partial charge in [-0.2, -0.15) is 10.2 Å². The van der Waals surface area contributed by atoms with E-state index in [1.807, 2.05) is 41.7 Å². The topological polar surface area (TPSA) is 66.3 Å². The molecule has 0 saturated carbocycles. The molecule has 1 amide bonds. The number of halogens is 1. The molecule has 1 aromatic carbocycles. The Hall–Kier alpha value is -2.93. The Labute approximate surface area is 170 Å². The maximum atomic E-state index is 13.2. The molecule has 4 aromatic rings. The van der Waals surface area contributed by atoms with Crippen LogP contribution < -0.4 is 0 Å². The van der Waals surface area contributed by atoms with Gasteiger partial charge in [0.05, 0.1) is 17.8 Å². The van der Waals surface area contributed by atoms with E-state index in [0.717, 1.165) is 27.5 Å². The number of amides is 1. The average molecular weight is 436 g/mol. The molecule has 0 fully saturated rings. The Morgan fingerprint density at radius 3 is 2.93 bits per heavy atom. The molecule has 0 aliphatic carbocycles. The van der Waals surface area contributed by atoms with Crippen molar-refractivity contribution in [1.29, 1.82) is 0 Å². The van der Waals surface area contributed by atoms with Crippen LogP contribution >= 0.6 is 15.9 Å². The summed E-state index contributed by atoms with van der Waals surface area (Å²) in [6, 6.07) is 12.2. The van der Waals surface area contributed by atoms with Crippen LogP contribution in [0.15, 0.2) is 59.5 Å². The van der Waals surface area contributed by atoms with Crippen LogP contribution in [-0.4, -0.2) is 37.2 Å². The van der Waals surface area contributed by atoms with Crippen LogP contribution in [0.2, 0.25) is 0 Å². The third-order valence-electron chi connectivity index (χ3n) is 5.42. The van der Waals surface area contributed by atoms with E-state index in [9.17, 15) is 4.79 Å². The molecule has 1 atom stereocenters. The molecule has 28 heavy (non-hydrogen) atoms. The fourth-order valence-corrected chi connectivity index (χ4v) is 4.22. The highest BCUT2D eigenvalue weighted by Gasteiger charge is 2.30. The summed E-state index contributed by atoms with van der Waals surface area (Å²) >= 11 is 3.44. The zero-order chi connectivity index (χ0) is 19.3. The van der Waals surface area contributed by atoms with E-state index in [-0.39, 0.29) is 11.9 Å². The maximum Gasteiger partial charge on any atom is 0.274 e. The van der Waals surface area contributed by atoms with Crippen molar-refractivity contribution in [3.05, 3.63) is 76.3 Å². The van der Waals surface area contributed by atoms with E-state index in [1.54, 1.807) is 4.52 Å². The standard InChI is InChI=1S/C21H18BrN5O/c1-13-19-8-15(16-10-23-24-11-16)3-2-14(19)6-7-26(13)21(28)20-9-18-5-4-17(22)12-27(18)25-20/h2-5,8-13H,6-7H2,1H3,(H,23,24). The number of hydrogen-bond acceptors (Lipinski definition) is 3. The lowest BCUT2D eigenvalue weighted by molar-refractivity contribution is 0.0671. The zero-order valence-corrected chi connectivity index (χ0v) is 16.8. The van der Waals surface area contributed by atoms with E-state index >= 15 is 0 Å². The van der Waals surface area contributed by atoms with Crippen molar-refractivity contribution in [3.63, 3.8) is 0 Å². The highest BCUT2D eigenvalue weighted by molar-refractivity contribution is 9.10. The van der Waals surface area contributed by atoms with E-state index in [4.69, 9.17) is 0 Å². The molecule has 0 saturated heterocycles. The van der Waals surface area contributed by atoms with Gasteiger partial charge in [-0.3, -0.25) is 9.89 Å². The predicted octanol–water partition coefficient (Wildman–Crippen LogP) is 4.25. The number of H-pyrrole nitrogens is 1. The van der Waals surface area contributed by atoms with E-state index < -0.39 is 0 Å². The molecule has 140 valence electrons. The number of hydrogen-bond donors (Lipinski definition) is 1. The summed E-state index contributed by atoms with van der Waals surface area (Å²) in [7, 11) is 0. The van der Waals surface area contributed by atoms with Gasteiger partial charge in [0, 0.05) is 29.0 Å². The number of nitrogens with one attached hydrogen (secondary N) is 1. The molecule has 0 radical (unpaired) electrons. The summed E-state index contributed by atoms with van der Waals surface area (Å²) in [6.07, 6.45) is 6.40. The van der Waals surface area contributed by atoms with E-state index in [2.05, 4.69) is 56.3 Å². The number of nitrogens with zero attached hydrogens (tertiary/aromatic N) is 4. The van der Waals surface area contributed by atoms with E-state index in [1.165, 1.54) is 11.1 Å². The minimum atomic E-state index is -0.0355. The molecule has 6 nitrogen and oxygen atoms in total. The molecule has 0 spiro atoms. The van der Waals surface area contributed by atoms with Gasteiger partial charge in [0.15, 0.2) is 5.69 Å². The lowest BCUT2D eigenvalue weighted by Gasteiger charge is -2.35. The number of aromatic nitrogens is 4.